The van der Waals surface area contributed by atoms with Gasteiger partial charge in [-0.2, -0.15) is 0 Å². The summed E-state index contributed by atoms with van der Waals surface area (Å²) in [5.74, 6) is -0.272. The van der Waals surface area contributed by atoms with Crippen molar-refractivity contribution in [3.63, 3.8) is 0 Å². The normalized spacial score (nSPS) is 16.1. The first-order valence-electron chi connectivity index (χ1n) is 5.56. The molecule has 1 aliphatic carbocycles. The molecule has 6 nitrogen and oxygen atoms in total. The molecule has 8 heteroatoms. The van der Waals surface area contributed by atoms with Gasteiger partial charge in [0.15, 0.2) is 5.03 Å². The van der Waals surface area contributed by atoms with Crippen molar-refractivity contribution in [1.82, 2.24) is 4.98 Å². The molecule has 0 aromatic carbocycles. The van der Waals surface area contributed by atoms with Crippen molar-refractivity contribution in [1.29, 1.82) is 0 Å². The summed E-state index contributed by atoms with van der Waals surface area (Å²) >= 11 is 4.40. The molecule has 0 aliphatic heterocycles. The molecular formula is C11H11BrN2O4S. The molecule has 19 heavy (non-hydrogen) atoms. The van der Waals surface area contributed by atoms with Crippen LogP contribution in [0.1, 0.15) is 19.3 Å². The number of aromatic nitrogens is 1. The van der Waals surface area contributed by atoms with Gasteiger partial charge in [0.05, 0.1) is 11.3 Å². The van der Waals surface area contributed by atoms with Crippen molar-refractivity contribution in [3.05, 3.63) is 26.9 Å². The van der Waals surface area contributed by atoms with Crippen molar-refractivity contribution >= 4 is 39.3 Å². The average Bonchev–Trinajstić information content (AvgIpc) is 3.06. The van der Waals surface area contributed by atoms with Crippen molar-refractivity contribution in [3.8, 4) is 0 Å². The molecule has 0 saturated heterocycles. The number of carboxylic acids is 1. The van der Waals surface area contributed by atoms with E-state index in [1.54, 1.807) is 0 Å². The second kappa shape index (κ2) is 5.46. The zero-order valence-corrected chi connectivity index (χ0v) is 12.2. The fraction of sp³-hybridized carbons (Fsp3) is 0.455. The number of carbonyl (C=O) groups is 1. The lowest BCUT2D eigenvalue weighted by Gasteiger charge is -2.11. The van der Waals surface area contributed by atoms with Gasteiger partial charge in [0.2, 0.25) is 0 Å². The number of nitro groups is 1. The highest BCUT2D eigenvalue weighted by molar-refractivity contribution is 9.10. The van der Waals surface area contributed by atoms with Crippen LogP contribution in [0.15, 0.2) is 21.8 Å². The van der Waals surface area contributed by atoms with E-state index in [0.717, 1.165) is 12.8 Å². The Bertz CT molecular complexity index is 533. The lowest BCUT2D eigenvalue weighted by atomic mass is 10.1. The van der Waals surface area contributed by atoms with E-state index >= 15 is 0 Å². The van der Waals surface area contributed by atoms with Gasteiger partial charge in [-0.25, -0.2) is 4.98 Å². The Morgan fingerprint density at radius 3 is 2.84 bits per heavy atom. The average molecular weight is 347 g/mol. The third-order valence-electron chi connectivity index (χ3n) is 2.99. The van der Waals surface area contributed by atoms with Gasteiger partial charge in [-0.15, -0.1) is 0 Å². The molecule has 1 fully saturated rings. The van der Waals surface area contributed by atoms with Gasteiger partial charge < -0.3 is 5.11 Å². The van der Waals surface area contributed by atoms with Crippen molar-refractivity contribution in [2.45, 2.75) is 24.3 Å². The third kappa shape index (κ3) is 3.66. The molecule has 0 bridgehead atoms. The molecule has 0 atom stereocenters. The van der Waals surface area contributed by atoms with Gasteiger partial charge in [0.25, 0.3) is 0 Å². The highest BCUT2D eigenvalue weighted by atomic mass is 79.9. The summed E-state index contributed by atoms with van der Waals surface area (Å²) in [6.45, 7) is 0. The SMILES string of the molecule is O=C(O)CC1(CSc2ncc(Br)cc2[N+](=O)[O-])CC1. The maximum absolute atomic E-state index is 10.9. The molecule has 0 amide bonds. The Kier molecular flexibility index (Phi) is 4.10. The molecule has 0 unspecified atom stereocenters. The van der Waals surface area contributed by atoms with E-state index in [2.05, 4.69) is 20.9 Å². The highest BCUT2D eigenvalue weighted by Gasteiger charge is 2.44. The molecule has 0 radical (unpaired) electrons. The molecule has 1 aliphatic rings. The molecule has 1 N–H and O–H groups in total. The lowest BCUT2D eigenvalue weighted by Crippen LogP contribution is -2.11. The second-order valence-corrected chi connectivity index (χ2v) is 6.47. The fourth-order valence-electron chi connectivity index (χ4n) is 1.75. The van der Waals surface area contributed by atoms with E-state index in [4.69, 9.17) is 5.11 Å². The quantitative estimate of drug-likeness (QED) is 0.483. The topological polar surface area (TPSA) is 93.3 Å². The van der Waals surface area contributed by atoms with E-state index in [1.165, 1.54) is 24.0 Å². The van der Waals surface area contributed by atoms with Crippen molar-refractivity contribution in [2.24, 2.45) is 5.41 Å². The van der Waals surface area contributed by atoms with E-state index in [-0.39, 0.29) is 17.5 Å². The van der Waals surface area contributed by atoms with E-state index in [9.17, 15) is 14.9 Å². The Labute approximate surface area is 121 Å². The summed E-state index contributed by atoms with van der Waals surface area (Å²) in [5, 5.41) is 20.1. The maximum atomic E-state index is 10.9. The molecule has 1 aromatic heterocycles. The van der Waals surface area contributed by atoms with Crippen LogP contribution < -0.4 is 0 Å². The van der Waals surface area contributed by atoms with Crippen LogP contribution in [0.3, 0.4) is 0 Å². The number of halogens is 1. The highest BCUT2D eigenvalue weighted by Crippen LogP contribution is 2.52. The van der Waals surface area contributed by atoms with E-state index < -0.39 is 10.9 Å². The van der Waals surface area contributed by atoms with Gasteiger partial charge >= 0.3 is 11.7 Å². The predicted octanol–water partition coefficient (Wildman–Crippen LogP) is 3.10. The predicted molar refractivity (Wildman–Crippen MR) is 73.2 cm³/mol. The van der Waals surface area contributed by atoms with Crippen LogP contribution in [-0.4, -0.2) is 26.7 Å². The summed E-state index contributed by atoms with van der Waals surface area (Å²) in [6.07, 6.45) is 3.34. The van der Waals surface area contributed by atoms with Gasteiger partial charge in [-0.3, -0.25) is 14.9 Å². The van der Waals surface area contributed by atoms with E-state index in [1.807, 2.05) is 0 Å². The van der Waals surface area contributed by atoms with Crippen LogP contribution in [0.5, 0.6) is 0 Å². The van der Waals surface area contributed by atoms with Gasteiger partial charge in [-0.05, 0) is 34.2 Å². The number of thioether (sulfide) groups is 1. The maximum Gasteiger partial charge on any atom is 0.303 e. The molecule has 0 spiro atoms. The van der Waals surface area contributed by atoms with Crippen LogP contribution in [0, 0.1) is 15.5 Å². The summed E-state index contributed by atoms with van der Waals surface area (Å²) in [4.78, 5) is 25.2. The molecule has 1 aromatic rings. The van der Waals surface area contributed by atoms with Crippen molar-refractivity contribution in [2.75, 3.05) is 5.75 Å². The molecule has 102 valence electrons. The molecule has 1 saturated carbocycles. The smallest absolute Gasteiger partial charge is 0.303 e. The first kappa shape index (κ1) is 14.3. The number of aliphatic carboxylic acids is 1. The largest absolute Gasteiger partial charge is 0.481 e. The summed E-state index contributed by atoms with van der Waals surface area (Å²) in [6, 6.07) is 1.41. The minimum Gasteiger partial charge on any atom is -0.481 e. The van der Waals surface area contributed by atoms with Crippen LogP contribution in [0.2, 0.25) is 0 Å². The number of hydrogen-bond donors (Lipinski definition) is 1. The summed E-state index contributed by atoms with van der Waals surface area (Å²) in [5.41, 5.74) is -0.260. The van der Waals surface area contributed by atoms with Crippen molar-refractivity contribution < 1.29 is 14.8 Å². The molecule has 2 rings (SSSR count). The minimum absolute atomic E-state index is 0.0505. The third-order valence-corrected chi connectivity index (χ3v) is 4.77. The fourth-order valence-corrected chi connectivity index (χ4v) is 3.31. The zero-order valence-electron chi connectivity index (χ0n) is 9.84. The number of pyridine rings is 1. The Morgan fingerprint density at radius 2 is 2.32 bits per heavy atom. The number of carboxylic acid groups (broad SMARTS) is 1. The Hall–Kier alpha value is -1.15. The van der Waals surface area contributed by atoms with Crippen LogP contribution in [0.25, 0.3) is 0 Å². The molecule has 1 heterocycles. The Balaban J connectivity index is 2.08. The van der Waals surface area contributed by atoms with Crippen LogP contribution in [-0.2, 0) is 4.79 Å². The zero-order chi connectivity index (χ0) is 14.0. The number of hydrogen-bond acceptors (Lipinski definition) is 5. The standard InChI is InChI=1S/C11H11BrN2O4S/c12-7-3-8(14(17)18)10(13-5-7)19-6-11(1-2-11)4-9(15)16/h3,5H,1-2,4,6H2,(H,15,16). The van der Waals surface area contributed by atoms with Gasteiger partial charge in [-0.1, -0.05) is 11.8 Å². The lowest BCUT2D eigenvalue weighted by molar-refractivity contribution is -0.388. The monoisotopic (exact) mass is 346 g/mol. The first-order chi connectivity index (χ1) is 8.92. The summed E-state index contributed by atoms with van der Waals surface area (Å²) < 4.78 is 0.551. The number of nitrogens with zero attached hydrogens (tertiary/aromatic N) is 2. The van der Waals surface area contributed by atoms with Crippen LogP contribution in [0.4, 0.5) is 5.69 Å². The number of rotatable bonds is 6. The first-order valence-corrected chi connectivity index (χ1v) is 7.34. The minimum atomic E-state index is -0.823. The summed E-state index contributed by atoms with van der Waals surface area (Å²) in [7, 11) is 0. The van der Waals surface area contributed by atoms with Gasteiger partial charge in [0.1, 0.15) is 0 Å². The van der Waals surface area contributed by atoms with Gasteiger partial charge in [0, 0.05) is 22.5 Å². The van der Waals surface area contributed by atoms with E-state index in [0.29, 0.717) is 15.3 Å². The van der Waals surface area contributed by atoms with Crippen LogP contribution >= 0.6 is 27.7 Å². The Morgan fingerprint density at radius 1 is 1.63 bits per heavy atom. The molecular weight excluding hydrogens is 336 g/mol. The second-order valence-electron chi connectivity index (χ2n) is 4.59.